The molecule has 0 aromatic heterocycles. The number of hydroxylamine groups is 2. The Morgan fingerprint density at radius 1 is 0.906 bits per heavy atom. The monoisotopic (exact) mass is 736 g/mol. The lowest BCUT2D eigenvalue weighted by molar-refractivity contribution is -0.293. The summed E-state index contributed by atoms with van der Waals surface area (Å²) >= 11 is 0. The Balaban J connectivity index is 1.40. The molecule has 6 rings (SSSR count). The molecule has 5 atom stereocenters. The second kappa shape index (κ2) is 14.9. The summed E-state index contributed by atoms with van der Waals surface area (Å²) in [7, 11) is 4.62. The van der Waals surface area contributed by atoms with Crippen molar-refractivity contribution in [3.8, 4) is 28.7 Å². The van der Waals surface area contributed by atoms with E-state index in [2.05, 4.69) is 5.32 Å². The van der Waals surface area contributed by atoms with Crippen molar-refractivity contribution in [2.24, 2.45) is 17.8 Å². The molecule has 2 saturated heterocycles. The minimum absolute atomic E-state index is 0.0462. The quantitative estimate of drug-likeness (QED) is 0.275. The molecule has 13 heteroatoms. The van der Waals surface area contributed by atoms with Crippen molar-refractivity contribution in [3.63, 3.8) is 0 Å². The van der Waals surface area contributed by atoms with Crippen LogP contribution < -0.4 is 29.0 Å². The predicted octanol–water partition coefficient (Wildman–Crippen LogP) is 5.56. The summed E-state index contributed by atoms with van der Waals surface area (Å²) in [6.07, 6.45) is 2.56. The molecule has 3 aliphatic heterocycles. The number of fused-ring (bicyclic) bond motifs is 3. The van der Waals surface area contributed by atoms with Crippen LogP contribution >= 0.6 is 0 Å². The molecular formula is C40H54N3O10. The van der Waals surface area contributed by atoms with Crippen LogP contribution in [-0.4, -0.2) is 86.1 Å². The van der Waals surface area contributed by atoms with Gasteiger partial charge in [0.05, 0.1) is 39.9 Å². The lowest BCUT2D eigenvalue weighted by Crippen LogP contribution is -2.61. The Bertz CT molecular complexity index is 1680. The zero-order valence-electron chi connectivity index (χ0n) is 32.4. The van der Waals surface area contributed by atoms with E-state index in [1.807, 2.05) is 65.8 Å². The van der Waals surface area contributed by atoms with E-state index in [4.69, 9.17) is 28.4 Å². The molecule has 13 nitrogen and oxygen atoms in total. The number of rotatable bonds is 12. The molecule has 53 heavy (non-hydrogen) atoms. The summed E-state index contributed by atoms with van der Waals surface area (Å²) in [5, 5.41) is 17.6. The van der Waals surface area contributed by atoms with Crippen LogP contribution in [0.5, 0.6) is 28.7 Å². The number of methoxy groups -OCH3 is 3. The van der Waals surface area contributed by atoms with E-state index in [0.717, 1.165) is 21.8 Å². The summed E-state index contributed by atoms with van der Waals surface area (Å²) in [5.74, 6) is -0.431. The van der Waals surface area contributed by atoms with Crippen LogP contribution in [0.4, 0.5) is 0 Å². The summed E-state index contributed by atoms with van der Waals surface area (Å²) in [5.41, 5.74) is 0.821. The zero-order valence-corrected chi connectivity index (χ0v) is 32.4. The SMILES string of the molecule is CCCC(C(=O)N[C@@H]1c2cc3c(cc2[C@@H](c2cc(OC)c(OC)c(OC)c2)[C@H]2C(=O)OC[C@@H]21)OCO3)N(CCC)C(=O)C1CC(C)(C)N([O])C(C)(C)C1. The van der Waals surface area contributed by atoms with E-state index in [1.165, 1.54) is 7.11 Å². The highest BCUT2D eigenvalue weighted by molar-refractivity contribution is 5.89. The van der Waals surface area contributed by atoms with Gasteiger partial charge in [0.1, 0.15) is 6.04 Å². The van der Waals surface area contributed by atoms with E-state index in [1.54, 1.807) is 19.1 Å². The number of benzene rings is 2. The highest BCUT2D eigenvalue weighted by Crippen LogP contribution is 2.55. The van der Waals surface area contributed by atoms with Gasteiger partial charge in [-0.3, -0.25) is 14.4 Å². The summed E-state index contributed by atoms with van der Waals surface area (Å²) in [4.78, 5) is 44.7. The summed E-state index contributed by atoms with van der Waals surface area (Å²) < 4.78 is 34.4. The molecule has 4 aliphatic rings. The van der Waals surface area contributed by atoms with Gasteiger partial charge >= 0.3 is 5.97 Å². The number of nitrogens with zero attached hydrogens (tertiary/aromatic N) is 2. The number of carbonyl (C=O) groups is 3. The number of hydrogen-bond acceptors (Lipinski definition) is 10. The highest BCUT2D eigenvalue weighted by atomic mass is 16.7. The Kier molecular flexibility index (Phi) is 10.8. The number of esters is 1. The number of piperidine rings is 1. The minimum atomic E-state index is -0.759. The van der Waals surface area contributed by atoms with Crippen molar-refractivity contribution >= 4 is 17.8 Å². The number of nitrogens with one attached hydrogen (secondary N) is 1. The first kappa shape index (κ1) is 38.5. The first-order chi connectivity index (χ1) is 25.2. The van der Waals surface area contributed by atoms with Gasteiger partial charge < -0.3 is 38.6 Å². The molecule has 0 spiro atoms. The highest BCUT2D eigenvalue weighted by Gasteiger charge is 2.54. The largest absolute Gasteiger partial charge is 0.493 e. The maximum Gasteiger partial charge on any atom is 0.310 e. The van der Waals surface area contributed by atoms with Crippen LogP contribution in [0.15, 0.2) is 24.3 Å². The topological polar surface area (TPSA) is 145 Å². The van der Waals surface area contributed by atoms with Crippen LogP contribution in [0.3, 0.4) is 0 Å². The van der Waals surface area contributed by atoms with Gasteiger partial charge in [-0.2, -0.15) is 0 Å². The molecule has 0 saturated carbocycles. The Morgan fingerprint density at radius 2 is 1.51 bits per heavy atom. The van der Waals surface area contributed by atoms with Crippen LogP contribution in [0, 0.1) is 17.8 Å². The van der Waals surface area contributed by atoms with Gasteiger partial charge in [0.15, 0.2) is 23.0 Å². The smallest absolute Gasteiger partial charge is 0.310 e. The molecule has 2 amide bonds. The van der Waals surface area contributed by atoms with E-state index in [9.17, 15) is 19.6 Å². The lowest BCUT2D eigenvalue weighted by atomic mass is 9.65. The molecule has 1 radical (unpaired) electrons. The Labute approximate surface area is 312 Å². The Morgan fingerprint density at radius 3 is 2.06 bits per heavy atom. The number of cyclic esters (lactones) is 1. The lowest BCUT2D eigenvalue weighted by Gasteiger charge is -2.50. The molecule has 1 unspecified atom stereocenters. The average Bonchev–Trinajstić information content (AvgIpc) is 3.75. The average molecular weight is 737 g/mol. The minimum Gasteiger partial charge on any atom is -0.493 e. The van der Waals surface area contributed by atoms with Crippen LogP contribution in [0.2, 0.25) is 0 Å². The number of ether oxygens (including phenoxy) is 6. The van der Waals surface area contributed by atoms with Gasteiger partial charge in [0, 0.05) is 35.4 Å². The van der Waals surface area contributed by atoms with Gasteiger partial charge in [-0.1, -0.05) is 20.3 Å². The third kappa shape index (κ3) is 6.86. The number of carbonyl (C=O) groups excluding carboxylic acids is 3. The van der Waals surface area contributed by atoms with Crippen molar-refractivity contribution in [1.29, 1.82) is 0 Å². The second-order valence-electron chi connectivity index (χ2n) is 15.9. The van der Waals surface area contributed by atoms with Gasteiger partial charge in [0.2, 0.25) is 24.4 Å². The normalized spacial score (nSPS) is 24.8. The number of hydrogen-bond donors (Lipinski definition) is 1. The van der Waals surface area contributed by atoms with E-state index >= 15 is 0 Å². The molecule has 2 aromatic rings. The fourth-order valence-corrected chi connectivity index (χ4v) is 9.31. The summed E-state index contributed by atoms with van der Waals surface area (Å²) in [6, 6.07) is 6.05. The standard InChI is InChI=1S/C40H54N3O10/c1-10-12-27(42(13-11-2)37(45)23-18-39(3,4)43(47)40(5,6)19-23)36(44)41-34-25-17-29-28(52-21-53-29)16-24(25)32(33-26(34)20-51-38(33)46)22-14-30(48-7)35(50-9)31(15-22)49-8/h14-17,23,26-27,32-34H,10-13,18-21H2,1-9H3,(H,41,44)/t26-,27?,32+,33-,34+/m0/s1. The van der Waals surface area contributed by atoms with Gasteiger partial charge in [-0.15, -0.1) is 10.3 Å². The van der Waals surface area contributed by atoms with Crippen LogP contribution in [0.25, 0.3) is 0 Å². The maximum atomic E-state index is 14.7. The molecule has 289 valence electrons. The maximum absolute atomic E-state index is 14.7. The van der Waals surface area contributed by atoms with Crippen molar-refractivity contribution in [2.75, 3.05) is 41.3 Å². The van der Waals surface area contributed by atoms with Crippen molar-refractivity contribution < 1.29 is 48.0 Å². The fraction of sp³-hybridized carbons (Fsp3) is 0.625. The molecule has 0 bridgehead atoms. The van der Waals surface area contributed by atoms with Crippen LogP contribution in [-0.2, 0) is 24.3 Å². The number of amides is 2. The van der Waals surface area contributed by atoms with Crippen molar-refractivity contribution in [1.82, 2.24) is 15.3 Å². The molecular weight excluding hydrogens is 682 g/mol. The van der Waals surface area contributed by atoms with Crippen molar-refractivity contribution in [3.05, 3.63) is 41.0 Å². The predicted molar refractivity (Wildman–Crippen MR) is 193 cm³/mol. The first-order valence-corrected chi connectivity index (χ1v) is 18.7. The third-order valence-electron chi connectivity index (χ3n) is 11.5. The van der Waals surface area contributed by atoms with Crippen molar-refractivity contribution in [2.45, 2.75) is 103 Å². The van der Waals surface area contributed by atoms with Gasteiger partial charge in [0.25, 0.3) is 0 Å². The third-order valence-corrected chi connectivity index (χ3v) is 11.5. The van der Waals surface area contributed by atoms with E-state index < -0.39 is 46.8 Å². The Hall–Kier alpha value is -4.23. The second-order valence-corrected chi connectivity index (χ2v) is 15.9. The molecule has 2 fully saturated rings. The first-order valence-electron chi connectivity index (χ1n) is 18.7. The van der Waals surface area contributed by atoms with Gasteiger partial charge in [-0.25, -0.2) is 0 Å². The summed E-state index contributed by atoms with van der Waals surface area (Å²) in [6.45, 7) is 12.0. The van der Waals surface area contributed by atoms with E-state index in [-0.39, 0.29) is 31.2 Å². The molecule has 1 N–H and O–H groups in total. The molecule has 3 heterocycles. The van der Waals surface area contributed by atoms with E-state index in [0.29, 0.717) is 67.4 Å². The van der Waals surface area contributed by atoms with Gasteiger partial charge in [-0.05, 0) is 94.3 Å². The zero-order chi connectivity index (χ0) is 38.4. The van der Waals surface area contributed by atoms with Crippen LogP contribution in [0.1, 0.15) is 102 Å². The molecule has 1 aliphatic carbocycles. The fourth-order valence-electron chi connectivity index (χ4n) is 9.31. The molecule has 2 aromatic carbocycles.